The van der Waals surface area contributed by atoms with Crippen molar-refractivity contribution in [2.75, 3.05) is 5.32 Å². The van der Waals surface area contributed by atoms with E-state index >= 15 is 0 Å². The molecule has 1 aliphatic carbocycles. The molecule has 1 heterocycles. The molecule has 1 atom stereocenters. The number of amides is 2. The topological polar surface area (TPSA) is 104 Å². The van der Waals surface area contributed by atoms with Gasteiger partial charge in [0, 0.05) is 28.6 Å². The summed E-state index contributed by atoms with van der Waals surface area (Å²) in [6, 6.07) is 15.3. The van der Waals surface area contributed by atoms with Gasteiger partial charge in [-0.1, -0.05) is 42.5 Å². The number of nitrogens with one attached hydrogen (secondary N) is 3. The minimum absolute atomic E-state index is 0.107. The molecule has 0 radical (unpaired) electrons. The normalized spacial score (nSPS) is 15.2. The Balaban J connectivity index is 1.38. The molecule has 29 heavy (non-hydrogen) atoms. The molecule has 146 valence electrons. The smallest absolute Gasteiger partial charge is 0.313 e. The first kappa shape index (κ1) is 18.6. The molecule has 1 aliphatic rings. The van der Waals surface area contributed by atoms with Crippen molar-refractivity contribution in [2.24, 2.45) is 0 Å². The van der Waals surface area contributed by atoms with E-state index in [0.717, 1.165) is 24.1 Å². The Morgan fingerprint density at radius 1 is 0.966 bits per heavy atom. The molecule has 0 saturated carbocycles. The minimum atomic E-state index is -0.757. The largest absolute Gasteiger partial charge is 0.345 e. The summed E-state index contributed by atoms with van der Waals surface area (Å²) < 4.78 is 0. The zero-order valence-electron chi connectivity index (χ0n) is 15.6. The second-order valence-electron chi connectivity index (χ2n) is 7.02. The fourth-order valence-electron chi connectivity index (χ4n) is 3.47. The van der Waals surface area contributed by atoms with Gasteiger partial charge >= 0.3 is 11.8 Å². The van der Waals surface area contributed by atoms with E-state index in [1.54, 1.807) is 54.7 Å². The van der Waals surface area contributed by atoms with Gasteiger partial charge in [-0.3, -0.25) is 19.5 Å². The van der Waals surface area contributed by atoms with E-state index < -0.39 is 11.8 Å². The molecule has 0 unspecified atom stereocenters. The minimum Gasteiger partial charge on any atom is -0.345 e. The Kier molecular flexibility index (Phi) is 5.20. The highest BCUT2D eigenvalue weighted by molar-refractivity contribution is 6.39. The summed E-state index contributed by atoms with van der Waals surface area (Å²) in [5, 5.41) is 12.3. The Bertz CT molecular complexity index is 1060. The first-order valence-corrected chi connectivity index (χ1v) is 9.43. The van der Waals surface area contributed by atoms with Crippen molar-refractivity contribution in [3.05, 3.63) is 83.2 Å². The highest BCUT2D eigenvalue weighted by atomic mass is 16.2. The van der Waals surface area contributed by atoms with E-state index in [9.17, 15) is 14.4 Å². The molecule has 2 aromatic carbocycles. The molecule has 2 amide bonds. The molecule has 0 aliphatic heterocycles. The number of ketones is 1. The lowest BCUT2D eigenvalue weighted by Crippen LogP contribution is -2.44. The fraction of sp³-hybridized carbons (Fsp3) is 0.182. The van der Waals surface area contributed by atoms with Crippen molar-refractivity contribution in [3.63, 3.8) is 0 Å². The molecule has 0 bridgehead atoms. The quantitative estimate of drug-likeness (QED) is 0.471. The Morgan fingerprint density at radius 3 is 2.59 bits per heavy atom. The van der Waals surface area contributed by atoms with E-state index in [4.69, 9.17) is 0 Å². The predicted octanol–water partition coefficient (Wildman–Crippen LogP) is 2.25. The molecule has 0 saturated heterocycles. The molecule has 7 nitrogen and oxygen atoms in total. The van der Waals surface area contributed by atoms with Crippen LogP contribution in [0, 0.1) is 0 Å². The molecule has 0 spiro atoms. The maximum Gasteiger partial charge on any atom is 0.313 e. The molecule has 3 N–H and O–H groups in total. The summed E-state index contributed by atoms with van der Waals surface area (Å²) in [6.45, 7) is 0. The zero-order chi connectivity index (χ0) is 20.2. The van der Waals surface area contributed by atoms with Crippen LogP contribution in [-0.4, -0.2) is 33.8 Å². The summed E-state index contributed by atoms with van der Waals surface area (Å²) in [5.74, 6) is -1.60. The third-order valence-electron chi connectivity index (χ3n) is 4.98. The Hall–Kier alpha value is -3.74. The van der Waals surface area contributed by atoms with Crippen molar-refractivity contribution in [2.45, 2.75) is 25.3 Å². The van der Waals surface area contributed by atoms with Crippen LogP contribution in [0.15, 0.2) is 60.8 Å². The molecule has 1 aromatic heterocycles. The standard InChI is InChI=1S/C22H20N4O3/c27-20(14-5-2-1-3-6-14)15-7-4-8-17(11-15)24-21(28)22(29)25-18-9-10-19-16(12-18)13-23-26-19/h1-8,11,13,18H,9-10,12H2,(H,23,26)(H,24,28)(H,25,29)/t18-/m1/s1. The van der Waals surface area contributed by atoms with Crippen LogP contribution in [0.3, 0.4) is 0 Å². The first-order chi connectivity index (χ1) is 14.1. The van der Waals surface area contributed by atoms with E-state index in [1.807, 2.05) is 6.07 Å². The molecule has 7 heteroatoms. The Morgan fingerprint density at radius 2 is 1.76 bits per heavy atom. The maximum absolute atomic E-state index is 12.6. The molecule has 0 fully saturated rings. The number of aromatic nitrogens is 2. The van der Waals surface area contributed by atoms with Crippen molar-refractivity contribution in [1.29, 1.82) is 0 Å². The summed E-state index contributed by atoms with van der Waals surface area (Å²) in [5.41, 5.74) is 3.54. The monoisotopic (exact) mass is 388 g/mol. The lowest BCUT2D eigenvalue weighted by molar-refractivity contribution is -0.136. The van der Waals surface area contributed by atoms with Crippen LogP contribution >= 0.6 is 0 Å². The predicted molar refractivity (Wildman–Crippen MR) is 107 cm³/mol. The number of H-pyrrole nitrogens is 1. The van der Waals surface area contributed by atoms with E-state index in [1.165, 1.54) is 0 Å². The molecular formula is C22H20N4O3. The van der Waals surface area contributed by atoms with Gasteiger partial charge in [0.15, 0.2) is 5.78 Å². The summed E-state index contributed by atoms with van der Waals surface area (Å²) >= 11 is 0. The van der Waals surface area contributed by atoms with Crippen LogP contribution in [0.2, 0.25) is 0 Å². The van der Waals surface area contributed by atoms with Crippen LogP contribution in [0.4, 0.5) is 5.69 Å². The summed E-state index contributed by atoms with van der Waals surface area (Å²) in [7, 11) is 0. The number of benzene rings is 2. The van der Waals surface area contributed by atoms with Crippen LogP contribution in [0.1, 0.15) is 33.6 Å². The number of nitrogens with zero attached hydrogens (tertiary/aromatic N) is 1. The number of anilines is 1. The zero-order valence-corrected chi connectivity index (χ0v) is 15.6. The van der Waals surface area contributed by atoms with Crippen molar-refractivity contribution in [3.8, 4) is 0 Å². The lowest BCUT2D eigenvalue weighted by Gasteiger charge is -2.22. The van der Waals surface area contributed by atoms with Crippen molar-refractivity contribution in [1.82, 2.24) is 15.5 Å². The number of hydrogen-bond acceptors (Lipinski definition) is 4. The Labute approximate surface area is 167 Å². The average molecular weight is 388 g/mol. The fourth-order valence-corrected chi connectivity index (χ4v) is 3.47. The van der Waals surface area contributed by atoms with Crippen molar-refractivity contribution < 1.29 is 14.4 Å². The SMILES string of the molecule is O=C(Nc1cccc(C(=O)c2ccccc2)c1)C(=O)N[C@@H]1CCc2[nH]ncc2C1. The van der Waals surface area contributed by atoms with Gasteiger partial charge in [0.1, 0.15) is 0 Å². The van der Waals surface area contributed by atoms with Gasteiger partial charge in [-0.05, 0) is 37.0 Å². The average Bonchev–Trinajstić information content (AvgIpc) is 3.22. The van der Waals surface area contributed by atoms with Gasteiger partial charge in [0.25, 0.3) is 0 Å². The third-order valence-corrected chi connectivity index (χ3v) is 4.98. The molecule has 3 aromatic rings. The number of aromatic amines is 1. The van der Waals surface area contributed by atoms with Gasteiger partial charge < -0.3 is 10.6 Å². The van der Waals surface area contributed by atoms with Crippen LogP contribution in [0.5, 0.6) is 0 Å². The van der Waals surface area contributed by atoms with Gasteiger partial charge in [-0.2, -0.15) is 5.10 Å². The highest BCUT2D eigenvalue weighted by Crippen LogP contribution is 2.19. The number of carbonyl (C=O) groups excluding carboxylic acids is 3. The van der Waals surface area contributed by atoms with Gasteiger partial charge in [-0.15, -0.1) is 0 Å². The second-order valence-corrected chi connectivity index (χ2v) is 7.02. The van der Waals surface area contributed by atoms with Crippen LogP contribution in [-0.2, 0) is 22.4 Å². The summed E-state index contributed by atoms with van der Waals surface area (Å²) in [4.78, 5) is 37.2. The van der Waals surface area contributed by atoms with Gasteiger partial charge in [0.2, 0.25) is 0 Å². The van der Waals surface area contributed by atoms with Gasteiger partial charge in [0.05, 0.1) is 6.20 Å². The first-order valence-electron chi connectivity index (χ1n) is 9.43. The number of hydrogen-bond donors (Lipinski definition) is 3. The lowest BCUT2D eigenvalue weighted by atomic mass is 9.93. The molecular weight excluding hydrogens is 368 g/mol. The van der Waals surface area contributed by atoms with Crippen molar-refractivity contribution >= 4 is 23.3 Å². The second kappa shape index (κ2) is 8.10. The highest BCUT2D eigenvalue weighted by Gasteiger charge is 2.24. The van der Waals surface area contributed by atoms with E-state index in [-0.39, 0.29) is 11.8 Å². The number of carbonyl (C=O) groups is 3. The summed E-state index contributed by atoms with van der Waals surface area (Å²) in [6.07, 6.45) is 3.93. The van der Waals surface area contributed by atoms with Crippen LogP contribution < -0.4 is 10.6 Å². The molecule has 4 rings (SSSR count). The van der Waals surface area contributed by atoms with E-state index in [0.29, 0.717) is 23.2 Å². The number of rotatable bonds is 4. The van der Waals surface area contributed by atoms with Gasteiger partial charge in [-0.25, -0.2) is 0 Å². The van der Waals surface area contributed by atoms with E-state index in [2.05, 4.69) is 20.8 Å². The number of fused-ring (bicyclic) bond motifs is 1. The van der Waals surface area contributed by atoms with Crippen LogP contribution in [0.25, 0.3) is 0 Å². The maximum atomic E-state index is 12.6. The number of aryl methyl sites for hydroxylation is 1. The third kappa shape index (κ3) is 4.24.